The molecule has 6 heteroatoms. The summed E-state index contributed by atoms with van der Waals surface area (Å²) in [5, 5.41) is 23.1. The Hall–Kier alpha value is -1.40. The number of amides is 1. The van der Waals surface area contributed by atoms with Gasteiger partial charge in [0.15, 0.2) is 0 Å². The van der Waals surface area contributed by atoms with Gasteiger partial charge in [0.25, 0.3) is 0 Å². The summed E-state index contributed by atoms with van der Waals surface area (Å²) in [6, 6.07) is -0.623. The van der Waals surface area contributed by atoms with Gasteiger partial charge in [-0.2, -0.15) is 0 Å². The van der Waals surface area contributed by atoms with Crippen molar-refractivity contribution in [2.75, 3.05) is 13.2 Å². The van der Waals surface area contributed by atoms with Crippen molar-refractivity contribution in [1.29, 1.82) is 0 Å². The van der Waals surface area contributed by atoms with Crippen LogP contribution in [-0.2, 0) is 14.3 Å². The molecule has 0 saturated heterocycles. The van der Waals surface area contributed by atoms with Crippen molar-refractivity contribution in [2.24, 2.45) is 0 Å². The van der Waals surface area contributed by atoms with Crippen LogP contribution in [0.2, 0.25) is 0 Å². The fourth-order valence-corrected chi connectivity index (χ4v) is 11.6. The summed E-state index contributed by atoms with van der Waals surface area (Å²) >= 11 is 0. The number of aliphatic hydroxyl groups excluding tert-OH is 2. The first kappa shape index (κ1) is 76.6. The molecule has 0 heterocycles. The van der Waals surface area contributed by atoms with Crippen LogP contribution in [0.15, 0.2) is 12.2 Å². The molecule has 0 fully saturated rings. The number of allylic oxidation sites excluding steroid dienone is 1. The zero-order valence-corrected chi connectivity index (χ0v) is 53.2. The highest BCUT2D eigenvalue weighted by molar-refractivity contribution is 5.76. The lowest BCUT2D eigenvalue weighted by Gasteiger charge is -2.20. The average molecular weight is 1100 g/mol. The maximum atomic E-state index is 12.5. The van der Waals surface area contributed by atoms with E-state index in [0.29, 0.717) is 19.4 Å². The number of hydrogen-bond acceptors (Lipinski definition) is 5. The molecule has 0 bridgehead atoms. The third kappa shape index (κ3) is 63.8. The Morgan fingerprint density at radius 1 is 0.346 bits per heavy atom. The molecule has 0 aromatic carbocycles. The topological polar surface area (TPSA) is 95.9 Å². The molecule has 0 aliphatic heterocycles. The standard InChI is InChI=1S/C72H141NO5/c1-3-5-7-9-11-13-15-17-37-42-46-50-54-58-62-66-72(77)78-67-63-59-55-51-47-43-39-36-34-32-30-28-26-24-22-20-19-21-23-25-27-29-31-33-35-38-41-45-49-53-57-61-65-71(76)73-69(68-74)70(75)64-60-56-52-48-44-40-18-16-14-12-10-8-6-4-2/h60,64,69-70,74-75H,3-59,61-63,65-68H2,1-2H3,(H,73,76)/b64-60+. The van der Waals surface area contributed by atoms with Crippen molar-refractivity contribution >= 4 is 11.9 Å². The molecule has 1 amide bonds. The van der Waals surface area contributed by atoms with Gasteiger partial charge >= 0.3 is 5.97 Å². The number of hydrogen-bond donors (Lipinski definition) is 3. The Kier molecular flexibility index (Phi) is 66.9. The highest BCUT2D eigenvalue weighted by atomic mass is 16.5. The first-order chi connectivity index (χ1) is 38.5. The van der Waals surface area contributed by atoms with Gasteiger partial charge in [-0.25, -0.2) is 0 Å². The van der Waals surface area contributed by atoms with Crippen LogP contribution in [0.3, 0.4) is 0 Å². The second-order valence-corrected chi connectivity index (χ2v) is 24.9. The zero-order chi connectivity index (χ0) is 56.4. The number of unbranched alkanes of at least 4 members (excludes halogenated alkanes) is 57. The lowest BCUT2D eigenvalue weighted by molar-refractivity contribution is -0.143. The van der Waals surface area contributed by atoms with Crippen LogP contribution in [0.1, 0.15) is 412 Å². The molecule has 0 spiro atoms. The fraction of sp³-hybridized carbons (Fsp3) is 0.944. The summed E-state index contributed by atoms with van der Waals surface area (Å²) in [7, 11) is 0. The van der Waals surface area contributed by atoms with Crippen molar-refractivity contribution in [3.05, 3.63) is 12.2 Å². The molecule has 3 N–H and O–H groups in total. The van der Waals surface area contributed by atoms with Crippen LogP contribution >= 0.6 is 0 Å². The predicted octanol–water partition coefficient (Wildman–Crippen LogP) is 23.1. The minimum Gasteiger partial charge on any atom is -0.466 e. The Bertz CT molecular complexity index is 1180. The third-order valence-electron chi connectivity index (χ3n) is 17.1. The van der Waals surface area contributed by atoms with Gasteiger partial charge in [0.1, 0.15) is 0 Å². The van der Waals surface area contributed by atoms with Gasteiger partial charge in [-0.15, -0.1) is 0 Å². The summed E-state index contributed by atoms with van der Waals surface area (Å²) in [5.74, 6) is -0.0361. The van der Waals surface area contributed by atoms with Gasteiger partial charge in [-0.3, -0.25) is 9.59 Å². The highest BCUT2D eigenvalue weighted by Gasteiger charge is 2.18. The summed E-state index contributed by atoms with van der Waals surface area (Å²) in [6.45, 7) is 4.95. The monoisotopic (exact) mass is 1100 g/mol. The van der Waals surface area contributed by atoms with Crippen LogP contribution < -0.4 is 5.32 Å². The molecule has 2 atom stereocenters. The molecule has 0 aromatic rings. The van der Waals surface area contributed by atoms with E-state index >= 15 is 0 Å². The second-order valence-electron chi connectivity index (χ2n) is 24.9. The largest absolute Gasteiger partial charge is 0.466 e. The smallest absolute Gasteiger partial charge is 0.305 e. The molecule has 6 nitrogen and oxygen atoms in total. The summed E-state index contributed by atoms with van der Waals surface area (Å²) < 4.78 is 5.50. The van der Waals surface area contributed by atoms with E-state index in [4.69, 9.17) is 4.74 Å². The van der Waals surface area contributed by atoms with E-state index in [1.54, 1.807) is 6.08 Å². The molecule has 78 heavy (non-hydrogen) atoms. The van der Waals surface area contributed by atoms with Crippen molar-refractivity contribution in [2.45, 2.75) is 424 Å². The Morgan fingerprint density at radius 2 is 0.590 bits per heavy atom. The van der Waals surface area contributed by atoms with Gasteiger partial charge in [-0.05, 0) is 32.1 Å². The summed E-state index contributed by atoms with van der Waals surface area (Å²) in [5.41, 5.74) is 0. The van der Waals surface area contributed by atoms with E-state index in [0.717, 1.165) is 38.5 Å². The number of nitrogens with one attached hydrogen (secondary N) is 1. The van der Waals surface area contributed by atoms with Gasteiger partial charge in [0, 0.05) is 12.8 Å². The first-order valence-electron chi connectivity index (χ1n) is 36.0. The van der Waals surface area contributed by atoms with Gasteiger partial charge in [0.05, 0.1) is 25.4 Å². The maximum Gasteiger partial charge on any atom is 0.305 e. The molecule has 2 unspecified atom stereocenters. The fourth-order valence-electron chi connectivity index (χ4n) is 11.6. The predicted molar refractivity (Wildman–Crippen MR) is 343 cm³/mol. The number of rotatable bonds is 68. The van der Waals surface area contributed by atoms with Crippen LogP contribution in [0.25, 0.3) is 0 Å². The van der Waals surface area contributed by atoms with E-state index in [1.165, 1.54) is 347 Å². The Morgan fingerprint density at radius 3 is 0.872 bits per heavy atom. The molecule has 0 aliphatic carbocycles. The van der Waals surface area contributed by atoms with Crippen molar-refractivity contribution in [3.8, 4) is 0 Å². The molecular formula is C72H141NO5. The number of ether oxygens (including phenoxy) is 1. The Balaban J connectivity index is 3.31. The lowest BCUT2D eigenvalue weighted by atomic mass is 10.0. The molecule has 0 aliphatic rings. The van der Waals surface area contributed by atoms with Gasteiger partial charge in [0.2, 0.25) is 5.91 Å². The average Bonchev–Trinajstić information content (AvgIpc) is 3.44. The molecule has 0 saturated carbocycles. The van der Waals surface area contributed by atoms with Gasteiger partial charge < -0.3 is 20.3 Å². The van der Waals surface area contributed by atoms with Crippen molar-refractivity contribution < 1.29 is 24.5 Å². The van der Waals surface area contributed by atoms with E-state index in [-0.39, 0.29) is 18.5 Å². The van der Waals surface area contributed by atoms with Gasteiger partial charge in [-0.1, -0.05) is 379 Å². The van der Waals surface area contributed by atoms with Crippen LogP contribution in [0, 0.1) is 0 Å². The zero-order valence-electron chi connectivity index (χ0n) is 53.2. The second kappa shape index (κ2) is 68.1. The molecular weight excluding hydrogens is 959 g/mol. The number of esters is 1. The normalized spacial score (nSPS) is 12.5. The number of aliphatic hydroxyl groups is 2. The number of carbonyl (C=O) groups excluding carboxylic acids is 2. The molecule has 0 rings (SSSR count). The van der Waals surface area contributed by atoms with E-state index in [9.17, 15) is 19.8 Å². The molecule has 464 valence electrons. The quantitative estimate of drug-likeness (QED) is 0.0320. The van der Waals surface area contributed by atoms with Crippen molar-refractivity contribution in [3.63, 3.8) is 0 Å². The van der Waals surface area contributed by atoms with Crippen molar-refractivity contribution in [1.82, 2.24) is 5.32 Å². The van der Waals surface area contributed by atoms with Crippen LogP contribution in [-0.4, -0.2) is 47.4 Å². The van der Waals surface area contributed by atoms with Crippen LogP contribution in [0.4, 0.5) is 0 Å². The summed E-state index contributed by atoms with van der Waals surface area (Å²) in [6.07, 6.45) is 84.5. The minimum atomic E-state index is -0.840. The summed E-state index contributed by atoms with van der Waals surface area (Å²) in [4.78, 5) is 24.6. The highest BCUT2D eigenvalue weighted by Crippen LogP contribution is 2.19. The first-order valence-corrected chi connectivity index (χ1v) is 36.0. The minimum absolute atomic E-state index is 0.0247. The van der Waals surface area contributed by atoms with E-state index in [2.05, 4.69) is 19.2 Å². The maximum absolute atomic E-state index is 12.5. The van der Waals surface area contributed by atoms with E-state index in [1.807, 2.05) is 6.08 Å². The molecule has 0 radical (unpaired) electrons. The SMILES string of the molecule is CCCCCCCCCCCCCC/C=C/C(O)C(CO)NC(=O)CCCCCCCCCCCCCCCCCCCCCCCCCCCCCCCCCCOC(=O)CCCCCCCCCCCCCCCCC. The Labute approximate surface area is 489 Å². The van der Waals surface area contributed by atoms with Crippen LogP contribution in [0.5, 0.6) is 0 Å². The van der Waals surface area contributed by atoms with E-state index < -0.39 is 12.1 Å². The third-order valence-corrected chi connectivity index (χ3v) is 17.1. The molecule has 0 aromatic heterocycles. The number of carbonyl (C=O) groups is 2. The lowest BCUT2D eigenvalue weighted by Crippen LogP contribution is -2.45.